The molecule has 0 aromatic heterocycles. The van der Waals surface area contributed by atoms with Crippen molar-refractivity contribution in [2.45, 2.75) is 19.3 Å². The van der Waals surface area contributed by atoms with E-state index in [1.807, 2.05) is 0 Å². The Balaban J connectivity index is 2.28. The zero-order valence-corrected chi connectivity index (χ0v) is 6.25. The van der Waals surface area contributed by atoms with Gasteiger partial charge in [0.1, 0.15) is 5.78 Å². The molecule has 0 radical (unpaired) electrons. The maximum atomic E-state index is 11.1. The fraction of sp³-hybridized carbons (Fsp3) is 0.556. The Morgan fingerprint density at radius 3 is 3.00 bits per heavy atom. The number of allylic oxidation sites excluding steroid dienone is 2. The molecule has 0 aromatic carbocycles. The summed E-state index contributed by atoms with van der Waals surface area (Å²) in [6.07, 6.45) is 5.49. The molecule has 0 amide bonds. The van der Waals surface area contributed by atoms with E-state index in [1.54, 1.807) is 12.2 Å². The Morgan fingerprint density at radius 2 is 2.18 bits per heavy atom. The lowest BCUT2D eigenvalue weighted by molar-refractivity contribution is -0.127. The van der Waals surface area contributed by atoms with E-state index in [-0.39, 0.29) is 17.6 Å². The second-order valence-electron chi connectivity index (χ2n) is 3.31. The van der Waals surface area contributed by atoms with Gasteiger partial charge < -0.3 is 0 Å². The number of ketones is 2. The molecule has 2 aliphatic carbocycles. The maximum absolute atomic E-state index is 11.1. The van der Waals surface area contributed by atoms with Gasteiger partial charge in [0.05, 0.1) is 0 Å². The van der Waals surface area contributed by atoms with E-state index in [9.17, 15) is 9.59 Å². The number of fused-ring (bicyclic) bond motifs is 2. The fourth-order valence-corrected chi connectivity index (χ4v) is 1.85. The lowest BCUT2D eigenvalue weighted by atomic mass is 9.75. The molecule has 2 heteroatoms. The first kappa shape index (κ1) is 6.77. The van der Waals surface area contributed by atoms with Crippen molar-refractivity contribution in [3.8, 4) is 0 Å². The number of Topliss-reactive ketones (excluding diaryl/α,β-unsaturated/α-hetero) is 1. The number of carbonyl (C=O) groups excluding carboxylic acids is 2. The first-order valence-electron chi connectivity index (χ1n) is 4.02. The van der Waals surface area contributed by atoms with Crippen LogP contribution in [0.5, 0.6) is 0 Å². The Kier molecular flexibility index (Phi) is 1.41. The highest BCUT2D eigenvalue weighted by Crippen LogP contribution is 2.31. The number of hydrogen-bond acceptors (Lipinski definition) is 2. The second-order valence-corrected chi connectivity index (χ2v) is 3.31. The molecule has 0 aromatic rings. The fourth-order valence-electron chi connectivity index (χ4n) is 1.85. The van der Waals surface area contributed by atoms with Gasteiger partial charge in [0.15, 0.2) is 5.78 Å². The summed E-state index contributed by atoms with van der Waals surface area (Å²) in [7, 11) is 0. The molecule has 11 heavy (non-hydrogen) atoms. The largest absolute Gasteiger partial charge is 0.299 e. The average molecular weight is 150 g/mol. The quantitative estimate of drug-likeness (QED) is 0.518. The van der Waals surface area contributed by atoms with Gasteiger partial charge in [-0.25, -0.2) is 0 Å². The summed E-state index contributed by atoms with van der Waals surface area (Å²) < 4.78 is 0. The van der Waals surface area contributed by atoms with Gasteiger partial charge in [-0.15, -0.1) is 0 Å². The molecule has 0 spiro atoms. The molecular weight excluding hydrogens is 140 g/mol. The van der Waals surface area contributed by atoms with Crippen LogP contribution in [0.1, 0.15) is 19.3 Å². The van der Waals surface area contributed by atoms with Crippen molar-refractivity contribution in [3.05, 3.63) is 12.2 Å². The summed E-state index contributed by atoms with van der Waals surface area (Å²) in [6.45, 7) is 0. The minimum atomic E-state index is 0.0615. The molecule has 1 fully saturated rings. The van der Waals surface area contributed by atoms with Crippen LogP contribution in [-0.4, -0.2) is 11.6 Å². The Morgan fingerprint density at radius 1 is 1.36 bits per heavy atom. The predicted molar refractivity (Wildman–Crippen MR) is 40.0 cm³/mol. The normalized spacial score (nSPS) is 36.0. The third-order valence-electron chi connectivity index (χ3n) is 2.59. The van der Waals surface area contributed by atoms with Crippen molar-refractivity contribution in [2.24, 2.45) is 11.8 Å². The predicted octanol–water partition coefficient (Wildman–Crippen LogP) is 1.11. The molecule has 1 saturated carbocycles. The molecule has 0 aliphatic heterocycles. The number of rotatable bonds is 0. The van der Waals surface area contributed by atoms with E-state index in [1.165, 1.54) is 0 Å². The van der Waals surface area contributed by atoms with Crippen molar-refractivity contribution in [1.29, 1.82) is 0 Å². The Labute approximate surface area is 65.3 Å². The van der Waals surface area contributed by atoms with Gasteiger partial charge in [-0.1, -0.05) is 6.08 Å². The zero-order valence-electron chi connectivity index (χ0n) is 6.25. The number of carbonyl (C=O) groups is 2. The molecule has 2 aliphatic rings. The lowest BCUT2D eigenvalue weighted by Gasteiger charge is -2.27. The SMILES string of the molecule is O=C1C=C[C@H]2C[C@@H]1CCC2=O. The van der Waals surface area contributed by atoms with Crippen molar-refractivity contribution in [3.63, 3.8) is 0 Å². The molecule has 0 N–H and O–H groups in total. The van der Waals surface area contributed by atoms with Crippen LogP contribution < -0.4 is 0 Å². The van der Waals surface area contributed by atoms with E-state index >= 15 is 0 Å². The van der Waals surface area contributed by atoms with Crippen LogP contribution >= 0.6 is 0 Å². The molecule has 2 rings (SSSR count). The van der Waals surface area contributed by atoms with Gasteiger partial charge >= 0.3 is 0 Å². The highest BCUT2D eigenvalue weighted by atomic mass is 16.1. The summed E-state index contributed by atoms with van der Waals surface area (Å²) in [5, 5.41) is 0. The van der Waals surface area contributed by atoms with Crippen LogP contribution in [0.4, 0.5) is 0 Å². The van der Waals surface area contributed by atoms with E-state index in [4.69, 9.17) is 0 Å². The standard InChI is InChI=1S/C9H10O2/c10-8-3-1-6-5-7(8)2-4-9(6)11/h1,3,6-7H,2,4-5H2/t6-,7-/m0/s1. The third kappa shape index (κ3) is 1.02. The van der Waals surface area contributed by atoms with E-state index < -0.39 is 0 Å². The van der Waals surface area contributed by atoms with Crippen molar-refractivity contribution in [1.82, 2.24) is 0 Å². The molecule has 0 heterocycles. The van der Waals surface area contributed by atoms with Crippen LogP contribution in [0.3, 0.4) is 0 Å². The molecule has 0 unspecified atom stereocenters. The molecular formula is C9H10O2. The topological polar surface area (TPSA) is 34.1 Å². The summed E-state index contributed by atoms with van der Waals surface area (Å²) in [5.41, 5.74) is 0. The van der Waals surface area contributed by atoms with Gasteiger partial charge in [0.2, 0.25) is 0 Å². The highest BCUT2D eigenvalue weighted by Gasteiger charge is 2.32. The minimum absolute atomic E-state index is 0.0615. The molecule has 2 atom stereocenters. The average Bonchev–Trinajstić information content (AvgIpc) is 2.02. The van der Waals surface area contributed by atoms with Gasteiger partial charge in [0, 0.05) is 18.3 Å². The third-order valence-corrected chi connectivity index (χ3v) is 2.59. The molecule has 0 saturated heterocycles. The van der Waals surface area contributed by atoms with E-state index in [0.29, 0.717) is 12.2 Å². The first-order valence-corrected chi connectivity index (χ1v) is 4.02. The van der Waals surface area contributed by atoms with Gasteiger partial charge in [0.25, 0.3) is 0 Å². The van der Waals surface area contributed by atoms with Gasteiger partial charge in [-0.3, -0.25) is 9.59 Å². The smallest absolute Gasteiger partial charge is 0.158 e. The lowest BCUT2D eigenvalue weighted by Crippen LogP contribution is -2.30. The molecule has 2 bridgehead atoms. The van der Waals surface area contributed by atoms with Crippen LogP contribution in [0.2, 0.25) is 0 Å². The van der Waals surface area contributed by atoms with Gasteiger partial charge in [-0.05, 0) is 18.9 Å². The van der Waals surface area contributed by atoms with Crippen LogP contribution in [0.25, 0.3) is 0 Å². The summed E-state index contributed by atoms with van der Waals surface area (Å²) in [4.78, 5) is 22.3. The van der Waals surface area contributed by atoms with Crippen LogP contribution in [-0.2, 0) is 9.59 Å². The van der Waals surface area contributed by atoms with E-state index in [2.05, 4.69) is 0 Å². The number of hydrogen-bond donors (Lipinski definition) is 0. The second kappa shape index (κ2) is 2.29. The molecule has 58 valence electrons. The van der Waals surface area contributed by atoms with Crippen molar-refractivity contribution >= 4 is 11.6 Å². The zero-order chi connectivity index (χ0) is 7.84. The summed E-state index contributed by atoms with van der Waals surface area (Å²) in [6, 6.07) is 0. The van der Waals surface area contributed by atoms with Crippen LogP contribution in [0, 0.1) is 11.8 Å². The maximum Gasteiger partial charge on any atom is 0.158 e. The monoisotopic (exact) mass is 150 g/mol. The van der Waals surface area contributed by atoms with Crippen molar-refractivity contribution in [2.75, 3.05) is 0 Å². The first-order chi connectivity index (χ1) is 5.27. The highest BCUT2D eigenvalue weighted by molar-refractivity contribution is 5.97. The Hall–Kier alpha value is -0.920. The van der Waals surface area contributed by atoms with Crippen LogP contribution in [0.15, 0.2) is 12.2 Å². The summed E-state index contributed by atoms with van der Waals surface area (Å²) in [5.74, 6) is 0.743. The van der Waals surface area contributed by atoms with E-state index in [0.717, 1.165) is 12.8 Å². The van der Waals surface area contributed by atoms with Gasteiger partial charge in [-0.2, -0.15) is 0 Å². The molecule has 2 nitrogen and oxygen atoms in total. The minimum Gasteiger partial charge on any atom is -0.299 e. The van der Waals surface area contributed by atoms with Crippen molar-refractivity contribution < 1.29 is 9.59 Å². The Bertz CT molecular complexity index is 240. The summed E-state index contributed by atoms with van der Waals surface area (Å²) >= 11 is 0.